The van der Waals surface area contributed by atoms with Crippen LogP contribution in [0.15, 0.2) is 30.4 Å². The molecule has 3 rings (SSSR count). The molecule has 0 saturated heterocycles. The highest BCUT2D eigenvalue weighted by atomic mass is 16.5. The van der Waals surface area contributed by atoms with Crippen LogP contribution in [0.25, 0.3) is 0 Å². The van der Waals surface area contributed by atoms with Crippen molar-refractivity contribution in [2.45, 2.75) is 110 Å². The second kappa shape index (κ2) is 14.9. The van der Waals surface area contributed by atoms with Gasteiger partial charge in [0.1, 0.15) is 12.7 Å². The van der Waals surface area contributed by atoms with Crippen molar-refractivity contribution < 1.29 is 19.1 Å². The number of unbranched alkanes of at least 4 members (excludes halogenated alkanes) is 4. The average Bonchev–Trinajstić information content (AvgIpc) is 2.86. The van der Waals surface area contributed by atoms with Gasteiger partial charge in [-0.1, -0.05) is 58.3 Å². The van der Waals surface area contributed by atoms with E-state index in [1.165, 1.54) is 64.2 Å². The molecule has 4 N–H and O–H groups in total. The summed E-state index contributed by atoms with van der Waals surface area (Å²) in [5, 5.41) is 0. The summed E-state index contributed by atoms with van der Waals surface area (Å²) in [5.41, 5.74) is 13.2. The number of carbonyl (C=O) groups excluding carboxylic acids is 2. The lowest BCUT2D eigenvalue weighted by atomic mass is 9.70. The van der Waals surface area contributed by atoms with E-state index in [1.54, 1.807) is 18.2 Å². The van der Waals surface area contributed by atoms with E-state index in [2.05, 4.69) is 6.92 Å². The molecule has 36 heavy (non-hydrogen) atoms. The summed E-state index contributed by atoms with van der Waals surface area (Å²) in [4.78, 5) is 24.1. The van der Waals surface area contributed by atoms with Crippen molar-refractivity contribution in [2.75, 3.05) is 11.5 Å². The van der Waals surface area contributed by atoms with Crippen LogP contribution in [-0.2, 0) is 25.7 Å². The quantitative estimate of drug-likeness (QED) is 0.143. The van der Waals surface area contributed by atoms with Gasteiger partial charge in [0.05, 0.1) is 0 Å². The molecule has 0 aliphatic heterocycles. The lowest BCUT2D eigenvalue weighted by Gasteiger charge is -2.37. The predicted octanol–water partition coefficient (Wildman–Crippen LogP) is 6.72. The second-order valence-electron chi connectivity index (χ2n) is 10.9. The third kappa shape index (κ3) is 9.87. The number of ether oxygens (including phenoxy) is 2. The smallest absolute Gasteiger partial charge is 0.331 e. The van der Waals surface area contributed by atoms with Crippen LogP contribution in [0, 0.1) is 17.8 Å². The van der Waals surface area contributed by atoms with Crippen molar-refractivity contribution >= 4 is 23.3 Å². The molecule has 0 spiro atoms. The number of hydrogen-bond acceptors (Lipinski definition) is 6. The molecule has 0 aromatic heterocycles. The standard InChI is InChI=1S/C30H46N2O4/c1-2-3-4-5-6-7-22-8-10-24(11-9-22)25-12-14-28(15-13-25)36-30(34)17-16-29(33)35-21-23-18-26(31)20-27(32)19-23/h16-20,22,24-25,28H,2-15,21,31-32H2,1H3. The number of benzene rings is 1. The molecular formula is C30H46N2O4. The van der Waals surface area contributed by atoms with E-state index in [-0.39, 0.29) is 12.7 Å². The summed E-state index contributed by atoms with van der Waals surface area (Å²) in [7, 11) is 0. The van der Waals surface area contributed by atoms with Gasteiger partial charge in [-0.2, -0.15) is 0 Å². The first-order valence-corrected chi connectivity index (χ1v) is 14.1. The van der Waals surface area contributed by atoms with Crippen molar-refractivity contribution in [3.8, 4) is 0 Å². The zero-order valence-corrected chi connectivity index (χ0v) is 22.1. The highest BCUT2D eigenvalue weighted by molar-refractivity contribution is 5.91. The van der Waals surface area contributed by atoms with E-state index in [9.17, 15) is 9.59 Å². The molecule has 0 heterocycles. The third-order valence-electron chi connectivity index (χ3n) is 8.05. The molecule has 2 fully saturated rings. The van der Waals surface area contributed by atoms with Gasteiger partial charge >= 0.3 is 11.9 Å². The van der Waals surface area contributed by atoms with Crippen LogP contribution < -0.4 is 11.5 Å². The first-order chi connectivity index (χ1) is 17.4. The van der Waals surface area contributed by atoms with Crippen molar-refractivity contribution in [3.05, 3.63) is 35.9 Å². The van der Waals surface area contributed by atoms with Crippen LogP contribution in [0.2, 0.25) is 0 Å². The average molecular weight is 499 g/mol. The predicted molar refractivity (Wildman–Crippen MR) is 145 cm³/mol. The van der Waals surface area contributed by atoms with E-state index in [0.717, 1.165) is 55.6 Å². The Labute approximate surface area is 217 Å². The van der Waals surface area contributed by atoms with Gasteiger partial charge in [-0.3, -0.25) is 0 Å². The summed E-state index contributed by atoms with van der Waals surface area (Å²) in [6.45, 7) is 2.32. The third-order valence-corrected chi connectivity index (χ3v) is 8.05. The summed E-state index contributed by atoms with van der Waals surface area (Å²) in [6, 6.07) is 5.02. The molecule has 200 valence electrons. The van der Waals surface area contributed by atoms with Crippen LogP contribution in [0.1, 0.15) is 102 Å². The maximum Gasteiger partial charge on any atom is 0.331 e. The Morgan fingerprint density at radius 3 is 2.03 bits per heavy atom. The molecule has 2 aliphatic rings. The van der Waals surface area contributed by atoms with Crippen LogP contribution >= 0.6 is 0 Å². The number of nitrogen functional groups attached to an aromatic ring is 2. The number of nitrogens with two attached hydrogens (primary N) is 2. The monoisotopic (exact) mass is 498 g/mol. The van der Waals surface area contributed by atoms with Gasteiger partial charge in [0.2, 0.25) is 0 Å². The normalized spacial score (nSPS) is 24.5. The minimum absolute atomic E-state index is 0.0400. The number of esters is 2. The van der Waals surface area contributed by atoms with Crippen LogP contribution in [0.3, 0.4) is 0 Å². The van der Waals surface area contributed by atoms with Crippen molar-refractivity contribution in [3.63, 3.8) is 0 Å². The molecule has 1 aromatic rings. The van der Waals surface area contributed by atoms with E-state index < -0.39 is 11.9 Å². The van der Waals surface area contributed by atoms with Gasteiger partial charge < -0.3 is 20.9 Å². The van der Waals surface area contributed by atoms with Gasteiger partial charge in [0.25, 0.3) is 0 Å². The Morgan fingerprint density at radius 2 is 1.39 bits per heavy atom. The molecule has 0 unspecified atom stereocenters. The fourth-order valence-electron chi connectivity index (χ4n) is 6.03. The maximum absolute atomic E-state index is 12.2. The Hall–Kier alpha value is -2.50. The molecule has 0 amide bonds. The minimum atomic E-state index is -0.604. The molecule has 0 radical (unpaired) electrons. The minimum Gasteiger partial charge on any atom is -0.459 e. The molecular weight excluding hydrogens is 452 g/mol. The summed E-state index contributed by atoms with van der Waals surface area (Å²) >= 11 is 0. The molecule has 0 atom stereocenters. The Balaban J connectivity index is 1.28. The molecule has 1 aromatic carbocycles. The van der Waals surface area contributed by atoms with Gasteiger partial charge in [-0.05, 0) is 80.0 Å². The zero-order valence-electron chi connectivity index (χ0n) is 22.1. The fourth-order valence-corrected chi connectivity index (χ4v) is 6.03. The Morgan fingerprint density at radius 1 is 0.806 bits per heavy atom. The van der Waals surface area contributed by atoms with Crippen molar-refractivity contribution in [1.29, 1.82) is 0 Å². The number of hydrogen-bond donors (Lipinski definition) is 2. The van der Waals surface area contributed by atoms with E-state index in [1.807, 2.05) is 0 Å². The molecule has 6 heteroatoms. The van der Waals surface area contributed by atoms with E-state index in [0.29, 0.717) is 16.9 Å². The SMILES string of the molecule is CCCCCCCC1CCC(C2CCC(OC(=O)C=CC(=O)OCc3cc(N)cc(N)c3)CC2)CC1. The molecule has 6 nitrogen and oxygen atoms in total. The number of carbonyl (C=O) groups is 2. The second-order valence-corrected chi connectivity index (χ2v) is 10.9. The summed E-state index contributed by atoms with van der Waals surface area (Å²) in [5.74, 6) is 1.49. The van der Waals surface area contributed by atoms with E-state index in [4.69, 9.17) is 20.9 Å². The maximum atomic E-state index is 12.2. The van der Waals surface area contributed by atoms with Gasteiger partial charge in [0.15, 0.2) is 0 Å². The van der Waals surface area contributed by atoms with Crippen molar-refractivity contribution in [1.82, 2.24) is 0 Å². The van der Waals surface area contributed by atoms with Crippen LogP contribution in [-0.4, -0.2) is 18.0 Å². The highest BCUT2D eigenvalue weighted by Gasteiger charge is 2.31. The lowest BCUT2D eigenvalue weighted by molar-refractivity contribution is -0.146. The molecule has 0 bridgehead atoms. The van der Waals surface area contributed by atoms with Gasteiger partial charge in [-0.25, -0.2) is 9.59 Å². The largest absolute Gasteiger partial charge is 0.459 e. The first-order valence-electron chi connectivity index (χ1n) is 14.1. The summed E-state index contributed by atoms with van der Waals surface area (Å²) in [6.07, 6.45) is 20.2. The van der Waals surface area contributed by atoms with E-state index >= 15 is 0 Å². The van der Waals surface area contributed by atoms with Gasteiger partial charge in [-0.15, -0.1) is 0 Å². The Bertz CT molecular complexity index is 832. The van der Waals surface area contributed by atoms with Crippen molar-refractivity contribution in [2.24, 2.45) is 17.8 Å². The Kier molecular flexibility index (Phi) is 11.6. The highest BCUT2D eigenvalue weighted by Crippen LogP contribution is 2.41. The topological polar surface area (TPSA) is 105 Å². The van der Waals surface area contributed by atoms with Gasteiger partial charge in [0, 0.05) is 23.5 Å². The number of rotatable bonds is 12. The van der Waals surface area contributed by atoms with Crippen LogP contribution in [0.5, 0.6) is 0 Å². The molecule has 2 saturated carbocycles. The first kappa shape index (κ1) is 28.1. The fraction of sp³-hybridized carbons (Fsp3) is 0.667. The zero-order chi connectivity index (χ0) is 25.8. The lowest BCUT2D eigenvalue weighted by Crippen LogP contribution is -2.29. The van der Waals surface area contributed by atoms with Crippen LogP contribution in [0.4, 0.5) is 11.4 Å². The molecule has 2 aliphatic carbocycles. The number of anilines is 2. The summed E-state index contributed by atoms with van der Waals surface area (Å²) < 4.78 is 10.8.